The maximum Gasteiger partial charge on any atom is 0.416 e. The molecule has 2 N–H and O–H groups in total. The van der Waals surface area contributed by atoms with Crippen molar-refractivity contribution in [1.82, 2.24) is 4.90 Å². The lowest BCUT2D eigenvalue weighted by Crippen LogP contribution is -2.31. The highest BCUT2D eigenvalue weighted by atomic mass is 35.5. The van der Waals surface area contributed by atoms with Crippen molar-refractivity contribution in [2.75, 3.05) is 20.6 Å². The molecule has 0 saturated heterocycles. The zero-order chi connectivity index (χ0) is 15.8. The minimum atomic E-state index is -4.37. The second kappa shape index (κ2) is 5.40. The van der Waals surface area contributed by atoms with Crippen LogP contribution in [0.5, 0.6) is 0 Å². The van der Waals surface area contributed by atoms with Crippen LogP contribution >= 0.6 is 11.6 Å². The van der Waals surface area contributed by atoms with Crippen molar-refractivity contribution in [2.24, 2.45) is 10.7 Å². The highest BCUT2D eigenvalue weighted by Crippen LogP contribution is 2.51. The number of aliphatic imine (C=N–C) groups is 1. The Kier molecular flexibility index (Phi) is 4.10. The van der Waals surface area contributed by atoms with Crippen LogP contribution in [0.1, 0.15) is 24.0 Å². The zero-order valence-electron chi connectivity index (χ0n) is 11.8. The molecule has 0 spiro atoms. The second-order valence-electron chi connectivity index (χ2n) is 5.54. The van der Waals surface area contributed by atoms with E-state index in [0.29, 0.717) is 23.1 Å². The summed E-state index contributed by atoms with van der Waals surface area (Å²) in [5.74, 6) is 0.351. The van der Waals surface area contributed by atoms with E-state index in [2.05, 4.69) is 4.99 Å². The first-order valence-electron chi connectivity index (χ1n) is 6.50. The van der Waals surface area contributed by atoms with Crippen molar-refractivity contribution >= 4 is 17.6 Å². The van der Waals surface area contributed by atoms with Gasteiger partial charge >= 0.3 is 6.18 Å². The molecular formula is C14H17ClF3N3. The molecule has 1 aliphatic carbocycles. The Balaban J connectivity index is 2.31. The van der Waals surface area contributed by atoms with Gasteiger partial charge in [0.1, 0.15) is 0 Å². The van der Waals surface area contributed by atoms with E-state index in [-0.39, 0.29) is 0 Å². The molecule has 21 heavy (non-hydrogen) atoms. The third kappa shape index (κ3) is 3.43. The molecule has 0 unspecified atom stereocenters. The van der Waals surface area contributed by atoms with Gasteiger partial charge in [-0.25, -0.2) is 0 Å². The Morgan fingerprint density at radius 1 is 1.38 bits per heavy atom. The summed E-state index contributed by atoms with van der Waals surface area (Å²) in [5, 5.41) is 0.346. The molecule has 0 bridgehead atoms. The first kappa shape index (κ1) is 15.9. The minimum absolute atomic E-state index is 0.345. The molecule has 0 aliphatic heterocycles. The lowest BCUT2D eigenvalue weighted by atomic mass is 9.94. The van der Waals surface area contributed by atoms with Crippen LogP contribution in [-0.4, -0.2) is 31.5 Å². The monoisotopic (exact) mass is 319 g/mol. The number of benzene rings is 1. The smallest absolute Gasteiger partial charge is 0.370 e. The molecule has 1 saturated carbocycles. The van der Waals surface area contributed by atoms with Crippen molar-refractivity contribution in [3.63, 3.8) is 0 Å². The van der Waals surface area contributed by atoms with Crippen LogP contribution < -0.4 is 5.73 Å². The molecule has 1 fully saturated rings. The fraction of sp³-hybridized carbons (Fsp3) is 0.500. The standard InChI is InChI=1S/C14H17ClF3N3/c1-21(2)12(19)20-8-13(5-6-13)10-7-9(14(16,17)18)3-4-11(10)15/h3-4,7H,5-6,8H2,1-2H3,(H2,19,20). The summed E-state index contributed by atoms with van der Waals surface area (Å²) in [4.78, 5) is 5.90. The molecule has 1 aliphatic rings. The van der Waals surface area contributed by atoms with Crippen LogP contribution in [0.4, 0.5) is 13.2 Å². The average molecular weight is 320 g/mol. The normalized spacial score (nSPS) is 17.7. The molecule has 0 atom stereocenters. The van der Waals surface area contributed by atoms with Crippen molar-refractivity contribution in [1.29, 1.82) is 0 Å². The first-order chi connectivity index (χ1) is 9.66. The van der Waals surface area contributed by atoms with Crippen LogP contribution in [0.2, 0.25) is 5.02 Å². The molecule has 7 heteroatoms. The molecule has 1 aromatic rings. The first-order valence-corrected chi connectivity index (χ1v) is 6.88. The number of nitrogens with zero attached hydrogens (tertiary/aromatic N) is 2. The van der Waals surface area contributed by atoms with Crippen molar-refractivity contribution < 1.29 is 13.2 Å². The van der Waals surface area contributed by atoms with Gasteiger partial charge in [-0.3, -0.25) is 4.99 Å². The van der Waals surface area contributed by atoms with E-state index in [9.17, 15) is 13.2 Å². The van der Waals surface area contributed by atoms with Gasteiger partial charge in [-0.2, -0.15) is 13.2 Å². The van der Waals surface area contributed by atoms with E-state index in [0.717, 1.165) is 25.0 Å². The van der Waals surface area contributed by atoms with Crippen LogP contribution in [-0.2, 0) is 11.6 Å². The fourth-order valence-corrected chi connectivity index (χ4v) is 2.46. The molecule has 1 aromatic carbocycles. The van der Waals surface area contributed by atoms with Crippen LogP contribution in [0.15, 0.2) is 23.2 Å². The van der Waals surface area contributed by atoms with Crippen LogP contribution in [0, 0.1) is 0 Å². The van der Waals surface area contributed by atoms with Gasteiger partial charge in [-0.05, 0) is 36.6 Å². The topological polar surface area (TPSA) is 41.6 Å². The molecule has 0 aromatic heterocycles. The third-order valence-electron chi connectivity index (χ3n) is 3.72. The predicted octanol–water partition coefficient (Wildman–Crippen LogP) is 3.27. The van der Waals surface area contributed by atoms with Gasteiger partial charge < -0.3 is 10.6 Å². The van der Waals surface area contributed by atoms with Gasteiger partial charge in [-0.1, -0.05) is 11.6 Å². The predicted molar refractivity (Wildman–Crippen MR) is 77.5 cm³/mol. The number of hydrogen-bond acceptors (Lipinski definition) is 1. The molecular weight excluding hydrogens is 303 g/mol. The van der Waals surface area contributed by atoms with Crippen LogP contribution in [0.3, 0.4) is 0 Å². The minimum Gasteiger partial charge on any atom is -0.370 e. The Morgan fingerprint density at radius 3 is 2.48 bits per heavy atom. The zero-order valence-corrected chi connectivity index (χ0v) is 12.6. The maximum atomic E-state index is 12.8. The number of nitrogens with two attached hydrogens (primary N) is 1. The molecule has 0 radical (unpaired) electrons. The summed E-state index contributed by atoms with van der Waals surface area (Å²) in [5.41, 5.74) is 5.14. The van der Waals surface area contributed by atoms with Crippen molar-refractivity contribution in [2.45, 2.75) is 24.4 Å². The Bertz CT molecular complexity index is 563. The average Bonchev–Trinajstić information content (AvgIpc) is 3.16. The van der Waals surface area contributed by atoms with Crippen LogP contribution in [0.25, 0.3) is 0 Å². The van der Waals surface area contributed by atoms with Gasteiger partial charge in [-0.15, -0.1) is 0 Å². The van der Waals surface area contributed by atoms with E-state index in [1.807, 2.05) is 0 Å². The summed E-state index contributed by atoms with van der Waals surface area (Å²) in [6.45, 7) is 0.345. The largest absolute Gasteiger partial charge is 0.416 e. The van der Waals surface area contributed by atoms with Gasteiger partial charge in [0.2, 0.25) is 0 Å². The van der Waals surface area contributed by atoms with E-state index in [4.69, 9.17) is 17.3 Å². The number of rotatable bonds is 3. The third-order valence-corrected chi connectivity index (χ3v) is 4.05. The molecule has 3 nitrogen and oxygen atoms in total. The number of halogens is 4. The fourth-order valence-electron chi connectivity index (χ4n) is 2.15. The van der Waals surface area contributed by atoms with E-state index < -0.39 is 17.2 Å². The number of alkyl halides is 3. The Labute approximate surface area is 126 Å². The lowest BCUT2D eigenvalue weighted by molar-refractivity contribution is -0.137. The SMILES string of the molecule is CN(C)C(N)=NCC1(c2cc(C(F)(F)F)ccc2Cl)CC1. The second-order valence-corrected chi connectivity index (χ2v) is 5.95. The molecule has 0 heterocycles. The highest BCUT2D eigenvalue weighted by Gasteiger charge is 2.46. The summed E-state index contributed by atoms with van der Waals surface area (Å²) in [6, 6.07) is 3.44. The summed E-state index contributed by atoms with van der Waals surface area (Å²) < 4.78 is 38.5. The lowest BCUT2D eigenvalue weighted by Gasteiger charge is -2.19. The quantitative estimate of drug-likeness (QED) is 0.686. The highest BCUT2D eigenvalue weighted by molar-refractivity contribution is 6.31. The molecule has 116 valence electrons. The van der Waals surface area contributed by atoms with E-state index >= 15 is 0 Å². The van der Waals surface area contributed by atoms with Crippen molar-refractivity contribution in [3.8, 4) is 0 Å². The van der Waals surface area contributed by atoms with Gasteiger partial charge in [0, 0.05) is 24.5 Å². The Hall–Kier alpha value is -1.43. The summed E-state index contributed by atoms with van der Waals surface area (Å²) in [6.07, 6.45) is -2.85. The summed E-state index contributed by atoms with van der Waals surface area (Å²) >= 11 is 6.09. The molecule has 2 rings (SSSR count). The van der Waals surface area contributed by atoms with E-state index in [1.165, 1.54) is 6.07 Å². The molecule has 0 amide bonds. The van der Waals surface area contributed by atoms with Gasteiger partial charge in [0.15, 0.2) is 5.96 Å². The van der Waals surface area contributed by atoms with E-state index in [1.54, 1.807) is 19.0 Å². The summed E-state index contributed by atoms with van der Waals surface area (Å²) in [7, 11) is 3.52. The van der Waals surface area contributed by atoms with Gasteiger partial charge in [0.05, 0.1) is 12.1 Å². The van der Waals surface area contributed by atoms with Crippen molar-refractivity contribution in [3.05, 3.63) is 34.3 Å². The maximum absolute atomic E-state index is 12.8. The number of hydrogen-bond donors (Lipinski definition) is 1. The number of guanidine groups is 1. The Morgan fingerprint density at radius 2 is 2.00 bits per heavy atom. The van der Waals surface area contributed by atoms with Gasteiger partial charge in [0.25, 0.3) is 0 Å².